The molecule has 2 heterocycles. The fraction of sp³-hybridized carbons (Fsp3) is 0.632. The topological polar surface area (TPSA) is 66.9 Å². The Balaban J connectivity index is 1.86. The summed E-state index contributed by atoms with van der Waals surface area (Å²) >= 11 is 0. The molecule has 1 spiro atoms. The van der Waals surface area contributed by atoms with Crippen molar-refractivity contribution in [3.63, 3.8) is 0 Å². The molecule has 144 valence electrons. The first-order chi connectivity index (χ1) is 12.3. The monoisotopic (exact) mass is 380 g/mol. The zero-order valence-electron chi connectivity index (χ0n) is 15.8. The van der Waals surface area contributed by atoms with Crippen LogP contribution in [0.4, 0.5) is 0 Å². The van der Waals surface area contributed by atoms with Gasteiger partial charge in [0.1, 0.15) is 5.75 Å². The first kappa shape index (κ1) is 19.2. The highest BCUT2D eigenvalue weighted by atomic mass is 32.2. The number of nitrogens with zero attached hydrogens (tertiary/aromatic N) is 2. The summed E-state index contributed by atoms with van der Waals surface area (Å²) < 4.78 is 33.4. The molecule has 2 aliphatic heterocycles. The van der Waals surface area contributed by atoms with Gasteiger partial charge in [-0.05, 0) is 49.4 Å². The normalized spacial score (nSPS) is 24.9. The number of piperidine rings is 2. The van der Waals surface area contributed by atoms with Gasteiger partial charge in [-0.1, -0.05) is 6.92 Å². The number of sulfonamides is 1. The molecular weight excluding hydrogens is 352 g/mol. The number of methoxy groups -OCH3 is 1. The number of ether oxygens (including phenoxy) is 1. The third kappa shape index (κ3) is 3.47. The van der Waals surface area contributed by atoms with Crippen LogP contribution < -0.4 is 4.74 Å². The number of rotatable bonds is 4. The molecule has 1 aromatic rings. The highest BCUT2D eigenvalue weighted by Gasteiger charge is 2.43. The number of aryl methyl sites for hydroxylation is 1. The van der Waals surface area contributed by atoms with E-state index in [4.69, 9.17) is 4.74 Å². The van der Waals surface area contributed by atoms with Gasteiger partial charge in [-0.2, -0.15) is 4.31 Å². The van der Waals surface area contributed by atoms with Gasteiger partial charge in [0.2, 0.25) is 15.9 Å². The van der Waals surface area contributed by atoms with E-state index in [1.807, 2.05) is 14.0 Å². The molecule has 6 nitrogen and oxygen atoms in total. The molecule has 0 aromatic heterocycles. The second-order valence-electron chi connectivity index (χ2n) is 7.52. The lowest BCUT2D eigenvalue weighted by Gasteiger charge is -2.46. The number of amides is 1. The van der Waals surface area contributed by atoms with Gasteiger partial charge in [-0.3, -0.25) is 4.79 Å². The molecule has 0 radical (unpaired) electrons. The lowest BCUT2D eigenvalue weighted by atomic mass is 9.74. The van der Waals surface area contributed by atoms with Crippen molar-refractivity contribution in [1.82, 2.24) is 9.21 Å². The maximum atomic E-state index is 13.2. The SMILES string of the molecule is CCc1cc(S(=O)(=O)N2CCCC3(CCC(=O)N(C)C3)C2)ccc1OC. The molecule has 1 atom stereocenters. The van der Waals surface area contributed by atoms with Gasteiger partial charge < -0.3 is 9.64 Å². The molecule has 1 aromatic carbocycles. The van der Waals surface area contributed by atoms with Gasteiger partial charge in [-0.25, -0.2) is 8.42 Å². The molecule has 2 aliphatic rings. The molecule has 0 saturated carbocycles. The predicted molar refractivity (Wildman–Crippen MR) is 99.7 cm³/mol. The maximum Gasteiger partial charge on any atom is 0.243 e. The number of carbonyl (C=O) groups excluding carboxylic acids is 1. The quantitative estimate of drug-likeness (QED) is 0.804. The Bertz CT molecular complexity index is 793. The van der Waals surface area contributed by atoms with Crippen molar-refractivity contribution in [2.45, 2.75) is 43.9 Å². The largest absolute Gasteiger partial charge is 0.496 e. The Kier molecular flexibility index (Phi) is 5.30. The van der Waals surface area contributed by atoms with Crippen molar-refractivity contribution in [2.24, 2.45) is 5.41 Å². The van der Waals surface area contributed by atoms with Crippen LogP contribution in [0.5, 0.6) is 5.75 Å². The van der Waals surface area contributed by atoms with Crippen molar-refractivity contribution in [1.29, 1.82) is 0 Å². The molecule has 0 aliphatic carbocycles. The first-order valence-electron chi connectivity index (χ1n) is 9.22. The zero-order valence-corrected chi connectivity index (χ0v) is 16.6. The van der Waals surface area contributed by atoms with Gasteiger partial charge >= 0.3 is 0 Å². The Morgan fingerprint density at radius 1 is 1.23 bits per heavy atom. The summed E-state index contributed by atoms with van der Waals surface area (Å²) in [5, 5.41) is 0. The van der Waals surface area contributed by atoms with Crippen molar-refractivity contribution < 1.29 is 17.9 Å². The van der Waals surface area contributed by atoms with Crippen LogP contribution in [0.25, 0.3) is 0 Å². The molecule has 0 N–H and O–H groups in total. The zero-order chi connectivity index (χ0) is 18.9. The lowest BCUT2D eigenvalue weighted by molar-refractivity contribution is -0.136. The Hall–Kier alpha value is -1.60. The number of hydrogen-bond acceptors (Lipinski definition) is 4. The highest BCUT2D eigenvalue weighted by Crippen LogP contribution is 2.40. The van der Waals surface area contributed by atoms with Crippen LogP contribution in [0.2, 0.25) is 0 Å². The van der Waals surface area contributed by atoms with E-state index in [0.29, 0.717) is 43.1 Å². The molecule has 0 bridgehead atoms. The average Bonchev–Trinajstić information content (AvgIpc) is 2.64. The molecule has 2 fully saturated rings. The Morgan fingerprint density at radius 3 is 2.65 bits per heavy atom. The minimum absolute atomic E-state index is 0.117. The van der Waals surface area contributed by atoms with E-state index >= 15 is 0 Å². The van der Waals surface area contributed by atoms with Crippen LogP contribution in [-0.4, -0.2) is 57.3 Å². The second-order valence-corrected chi connectivity index (χ2v) is 9.46. The number of hydrogen-bond donors (Lipinski definition) is 0. The second kappa shape index (κ2) is 7.19. The Labute approximate surface area is 156 Å². The molecular formula is C19H28N2O4S. The Morgan fingerprint density at radius 2 is 2.00 bits per heavy atom. The minimum atomic E-state index is -3.55. The van der Waals surface area contributed by atoms with Crippen molar-refractivity contribution in [3.05, 3.63) is 23.8 Å². The summed E-state index contributed by atoms with van der Waals surface area (Å²) in [5.41, 5.74) is 0.775. The van der Waals surface area contributed by atoms with Crippen LogP contribution in [-0.2, 0) is 21.2 Å². The summed E-state index contributed by atoms with van der Waals surface area (Å²) in [6, 6.07) is 5.09. The summed E-state index contributed by atoms with van der Waals surface area (Å²) in [4.78, 5) is 13.9. The molecule has 26 heavy (non-hydrogen) atoms. The van der Waals surface area contributed by atoms with Crippen LogP contribution >= 0.6 is 0 Å². The van der Waals surface area contributed by atoms with Crippen LogP contribution in [0.3, 0.4) is 0 Å². The average molecular weight is 381 g/mol. The minimum Gasteiger partial charge on any atom is -0.496 e. The fourth-order valence-electron chi connectivity index (χ4n) is 4.27. The molecule has 2 saturated heterocycles. The van der Waals surface area contributed by atoms with Crippen molar-refractivity contribution in [2.75, 3.05) is 33.8 Å². The molecule has 7 heteroatoms. The number of likely N-dealkylation sites (tertiary alicyclic amines) is 1. The standard InChI is InChI=1S/C19H28N2O4S/c1-4-15-12-16(6-7-17(15)25-3)26(23,24)21-11-5-9-19(14-21)10-8-18(22)20(2)13-19/h6-7,12H,4-5,8-11,13-14H2,1-3H3. The summed E-state index contributed by atoms with van der Waals surface area (Å²) in [5.74, 6) is 0.868. The number of carbonyl (C=O) groups is 1. The van der Waals surface area contributed by atoms with E-state index in [0.717, 1.165) is 24.8 Å². The maximum absolute atomic E-state index is 13.2. The lowest BCUT2D eigenvalue weighted by Crippen LogP contribution is -2.54. The predicted octanol–water partition coefficient (Wildman–Crippen LogP) is 2.28. The van der Waals surface area contributed by atoms with E-state index < -0.39 is 10.0 Å². The van der Waals surface area contributed by atoms with Gasteiger partial charge in [0, 0.05) is 38.5 Å². The van der Waals surface area contributed by atoms with Crippen LogP contribution in [0.15, 0.2) is 23.1 Å². The number of benzene rings is 1. The molecule has 1 unspecified atom stereocenters. The summed E-state index contributed by atoms with van der Waals surface area (Å²) in [6.07, 6.45) is 3.79. The van der Waals surface area contributed by atoms with E-state index in [2.05, 4.69) is 0 Å². The van der Waals surface area contributed by atoms with Crippen LogP contribution in [0, 0.1) is 5.41 Å². The highest BCUT2D eigenvalue weighted by molar-refractivity contribution is 7.89. The smallest absolute Gasteiger partial charge is 0.243 e. The van der Waals surface area contributed by atoms with E-state index in [1.54, 1.807) is 34.5 Å². The first-order valence-corrected chi connectivity index (χ1v) is 10.7. The van der Waals surface area contributed by atoms with Crippen molar-refractivity contribution >= 4 is 15.9 Å². The van der Waals surface area contributed by atoms with Crippen LogP contribution in [0.1, 0.15) is 38.2 Å². The fourth-order valence-corrected chi connectivity index (χ4v) is 5.92. The van der Waals surface area contributed by atoms with Gasteiger partial charge in [-0.15, -0.1) is 0 Å². The molecule has 3 rings (SSSR count). The third-order valence-electron chi connectivity index (χ3n) is 5.76. The van der Waals surface area contributed by atoms with Crippen molar-refractivity contribution in [3.8, 4) is 5.75 Å². The summed E-state index contributed by atoms with van der Waals surface area (Å²) in [7, 11) is -0.143. The van der Waals surface area contributed by atoms with Gasteiger partial charge in [0.05, 0.1) is 12.0 Å². The third-order valence-corrected chi connectivity index (χ3v) is 7.61. The van der Waals surface area contributed by atoms with E-state index in [9.17, 15) is 13.2 Å². The molecule has 1 amide bonds. The van der Waals surface area contributed by atoms with E-state index in [-0.39, 0.29) is 11.3 Å². The van der Waals surface area contributed by atoms with E-state index in [1.165, 1.54) is 0 Å². The summed E-state index contributed by atoms with van der Waals surface area (Å²) in [6.45, 7) is 3.65. The van der Waals surface area contributed by atoms with Gasteiger partial charge in [0.15, 0.2) is 0 Å². The van der Waals surface area contributed by atoms with Gasteiger partial charge in [0.25, 0.3) is 0 Å².